The highest BCUT2D eigenvalue weighted by atomic mass is 35.5. The van der Waals surface area contributed by atoms with Crippen LogP contribution in [0.2, 0.25) is 10.0 Å². The van der Waals surface area contributed by atoms with Crippen LogP contribution in [0.5, 0.6) is 5.75 Å². The van der Waals surface area contributed by atoms with Gasteiger partial charge in [-0.2, -0.15) is 0 Å². The molecule has 0 unspecified atom stereocenters. The summed E-state index contributed by atoms with van der Waals surface area (Å²) >= 11 is 11.9. The highest BCUT2D eigenvalue weighted by Gasteiger charge is 2.12. The molecule has 5 nitrogen and oxygen atoms in total. The van der Waals surface area contributed by atoms with Gasteiger partial charge in [-0.15, -0.1) is 0 Å². The van der Waals surface area contributed by atoms with Gasteiger partial charge >= 0.3 is 0 Å². The second kappa shape index (κ2) is 9.63. The SMILES string of the molecule is CC[C@@H](C)c1ccc2oc(-c3ccc(NC(=O)COc4ccc(Cl)cc4Cl)cc3)nc2c1. The van der Waals surface area contributed by atoms with E-state index in [0.717, 1.165) is 23.1 Å². The molecule has 0 fully saturated rings. The maximum atomic E-state index is 12.2. The van der Waals surface area contributed by atoms with Gasteiger partial charge in [-0.25, -0.2) is 4.98 Å². The second-order valence-electron chi connectivity index (χ2n) is 7.54. The first-order chi connectivity index (χ1) is 15.4. The van der Waals surface area contributed by atoms with Crippen LogP contribution < -0.4 is 10.1 Å². The Balaban J connectivity index is 1.41. The van der Waals surface area contributed by atoms with Gasteiger partial charge in [0.1, 0.15) is 11.3 Å². The summed E-state index contributed by atoms with van der Waals surface area (Å²) < 4.78 is 11.4. The fraction of sp³-hybridized carbons (Fsp3) is 0.200. The molecule has 1 atom stereocenters. The highest BCUT2D eigenvalue weighted by Crippen LogP contribution is 2.29. The molecule has 0 spiro atoms. The summed E-state index contributed by atoms with van der Waals surface area (Å²) in [5.74, 6) is 1.11. The highest BCUT2D eigenvalue weighted by molar-refractivity contribution is 6.35. The number of aromatic nitrogens is 1. The molecule has 1 amide bonds. The number of carbonyl (C=O) groups is 1. The van der Waals surface area contributed by atoms with E-state index in [9.17, 15) is 4.79 Å². The van der Waals surface area contributed by atoms with Crippen LogP contribution in [0.15, 0.2) is 65.1 Å². The zero-order chi connectivity index (χ0) is 22.7. The molecule has 0 aliphatic heterocycles. The van der Waals surface area contributed by atoms with Crippen LogP contribution >= 0.6 is 23.2 Å². The number of nitrogens with zero attached hydrogens (tertiary/aromatic N) is 1. The number of fused-ring (bicyclic) bond motifs is 1. The van der Waals surface area contributed by atoms with Crippen molar-refractivity contribution in [2.24, 2.45) is 0 Å². The van der Waals surface area contributed by atoms with Crippen LogP contribution in [0.4, 0.5) is 5.69 Å². The molecule has 0 aliphatic carbocycles. The number of hydrogen-bond donors (Lipinski definition) is 1. The predicted octanol–water partition coefficient (Wildman–Crippen LogP) is 7.33. The molecule has 0 saturated carbocycles. The number of rotatable bonds is 7. The van der Waals surface area contributed by atoms with Gasteiger partial charge in [0.25, 0.3) is 5.91 Å². The summed E-state index contributed by atoms with van der Waals surface area (Å²) in [5, 5.41) is 3.64. The number of benzene rings is 3. The molecule has 1 N–H and O–H groups in total. The van der Waals surface area contributed by atoms with Crippen molar-refractivity contribution in [2.75, 3.05) is 11.9 Å². The van der Waals surface area contributed by atoms with E-state index in [4.69, 9.17) is 32.4 Å². The first-order valence-corrected chi connectivity index (χ1v) is 11.1. The van der Waals surface area contributed by atoms with Gasteiger partial charge in [-0.1, -0.05) is 43.1 Å². The lowest BCUT2D eigenvalue weighted by molar-refractivity contribution is -0.118. The molecular weight excluding hydrogens is 447 g/mol. The van der Waals surface area contributed by atoms with Crippen LogP contribution in [0.3, 0.4) is 0 Å². The van der Waals surface area contributed by atoms with E-state index in [1.807, 2.05) is 18.2 Å². The van der Waals surface area contributed by atoms with Crippen LogP contribution in [-0.2, 0) is 4.79 Å². The number of ether oxygens (including phenoxy) is 1. The molecule has 3 aromatic carbocycles. The summed E-state index contributed by atoms with van der Waals surface area (Å²) in [6, 6.07) is 18.3. The monoisotopic (exact) mass is 468 g/mol. The number of oxazole rings is 1. The fourth-order valence-electron chi connectivity index (χ4n) is 3.24. The number of amides is 1. The number of carbonyl (C=O) groups excluding carboxylic acids is 1. The topological polar surface area (TPSA) is 64.4 Å². The minimum atomic E-state index is -0.303. The van der Waals surface area contributed by atoms with Gasteiger partial charge in [0.15, 0.2) is 12.2 Å². The van der Waals surface area contributed by atoms with Crippen molar-refractivity contribution in [1.82, 2.24) is 4.98 Å². The van der Waals surface area contributed by atoms with Crippen molar-refractivity contribution in [3.8, 4) is 17.2 Å². The van der Waals surface area contributed by atoms with E-state index >= 15 is 0 Å². The van der Waals surface area contributed by atoms with Gasteiger partial charge < -0.3 is 14.5 Å². The lowest BCUT2D eigenvalue weighted by Crippen LogP contribution is -2.20. The molecule has 0 saturated heterocycles. The third kappa shape index (κ3) is 5.06. The average molecular weight is 469 g/mol. The lowest BCUT2D eigenvalue weighted by Gasteiger charge is -2.09. The van der Waals surface area contributed by atoms with Crippen molar-refractivity contribution < 1.29 is 13.9 Å². The summed E-state index contributed by atoms with van der Waals surface area (Å²) in [5.41, 5.74) is 4.31. The second-order valence-corrected chi connectivity index (χ2v) is 8.39. The smallest absolute Gasteiger partial charge is 0.262 e. The molecule has 7 heteroatoms. The number of hydrogen-bond acceptors (Lipinski definition) is 4. The number of nitrogens with one attached hydrogen (secondary N) is 1. The van der Waals surface area contributed by atoms with Crippen molar-refractivity contribution in [1.29, 1.82) is 0 Å². The van der Waals surface area contributed by atoms with E-state index in [0.29, 0.717) is 33.3 Å². The van der Waals surface area contributed by atoms with Crippen LogP contribution in [-0.4, -0.2) is 17.5 Å². The summed E-state index contributed by atoms with van der Waals surface area (Å²) in [4.78, 5) is 16.8. The first kappa shape index (κ1) is 22.2. The van der Waals surface area contributed by atoms with Gasteiger partial charge in [0, 0.05) is 16.3 Å². The Morgan fingerprint density at radius 1 is 1.09 bits per heavy atom. The molecule has 0 radical (unpaired) electrons. The van der Waals surface area contributed by atoms with Gasteiger partial charge in [0.2, 0.25) is 5.89 Å². The van der Waals surface area contributed by atoms with Crippen LogP contribution in [0.1, 0.15) is 31.7 Å². The van der Waals surface area contributed by atoms with Crippen molar-refractivity contribution in [3.63, 3.8) is 0 Å². The Morgan fingerprint density at radius 3 is 2.59 bits per heavy atom. The van der Waals surface area contributed by atoms with E-state index in [2.05, 4.69) is 36.3 Å². The van der Waals surface area contributed by atoms with Crippen molar-refractivity contribution >= 4 is 45.9 Å². The minimum Gasteiger partial charge on any atom is -0.482 e. The lowest BCUT2D eigenvalue weighted by atomic mass is 9.98. The molecule has 32 heavy (non-hydrogen) atoms. The minimum absolute atomic E-state index is 0.174. The Bertz CT molecular complexity index is 1250. The van der Waals surface area contributed by atoms with Crippen molar-refractivity contribution in [3.05, 3.63) is 76.3 Å². The van der Waals surface area contributed by atoms with Gasteiger partial charge in [-0.3, -0.25) is 4.79 Å². The molecule has 4 rings (SSSR count). The van der Waals surface area contributed by atoms with Crippen LogP contribution in [0.25, 0.3) is 22.6 Å². The van der Waals surface area contributed by atoms with E-state index in [-0.39, 0.29) is 12.5 Å². The molecule has 4 aromatic rings. The third-order valence-electron chi connectivity index (χ3n) is 5.26. The Kier molecular flexibility index (Phi) is 6.68. The molecule has 0 aliphatic rings. The zero-order valence-corrected chi connectivity index (χ0v) is 19.2. The molecular formula is C25H22Cl2N2O3. The fourth-order valence-corrected chi connectivity index (χ4v) is 3.70. The first-order valence-electron chi connectivity index (χ1n) is 10.3. The van der Waals surface area contributed by atoms with Crippen LogP contribution in [0, 0.1) is 0 Å². The summed E-state index contributed by atoms with van der Waals surface area (Å²) in [7, 11) is 0. The third-order valence-corrected chi connectivity index (χ3v) is 5.79. The molecule has 1 aromatic heterocycles. The molecule has 164 valence electrons. The van der Waals surface area contributed by atoms with Gasteiger partial charge in [0.05, 0.1) is 5.02 Å². The van der Waals surface area contributed by atoms with E-state index in [1.54, 1.807) is 30.3 Å². The quantitative estimate of drug-likeness (QED) is 0.308. The average Bonchev–Trinajstić information content (AvgIpc) is 3.22. The maximum Gasteiger partial charge on any atom is 0.262 e. The zero-order valence-electron chi connectivity index (χ0n) is 17.7. The predicted molar refractivity (Wildman–Crippen MR) is 129 cm³/mol. The van der Waals surface area contributed by atoms with Crippen molar-refractivity contribution in [2.45, 2.75) is 26.2 Å². The molecule has 1 heterocycles. The van der Waals surface area contributed by atoms with E-state index in [1.165, 1.54) is 5.56 Å². The normalized spacial score (nSPS) is 12.0. The standard InChI is InChI=1S/C25H22Cl2N2O3/c1-3-15(2)17-6-10-23-21(12-17)29-25(32-23)16-4-8-19(9-5-16)28-24(30)14-31-22-11-7-18(26)13-20(22)27/h4-13,15H,3,14H2,1-2H3,(H,28,30)/t15-/m1/s1. The number of anilines is 1. The largest absolute Gasteiger partial charge is 0.482 e. The summed E-state index contributed by atoms with van der Waals surface area (Å²) in [6.45, 7) is 4.19. The number of halogens is 2. The molecule has 0 bridgehead atoms. The van der Waals surface area contributed by atoms with Gasteiger partial charge in [-0.05, 0) is 72.5 Å². The Labute approximate surface area is 196 Å². The van der Waals surface area contributed by atoms with E-state index < -0.39 is 0 Å². The maximum absolute atomic E-state index is 12.2. The Hall–Kier alpha value is -3.02. The Morgan fingerprint density at radius 2 is 1.88 bits per heavy atom. The summed E-state index contributed by atoms with van der Waals surface area (Å²) in [6.07, 6.45) is 1.07.